The maximum absolute atomic E-state index is 14.3. The average molecular weight is 400 g/mol. The Balaban J connectivity index is 1.57. The zero-order valence-corrected chi connectivity index (χ0v) is 17.4. The summed E-state index contributed by atoms with van der Waals surface area (Å²) in [6.45, 7) is 5.03. The Morgan fingerprint density at radius 3 is 2.50 bits per heavy atom. The molecule has 1 saturated heterocycles. The molecule has 0 N–H and O–H groups in total. The number of fused-ring (bicyclic) bond motifs is 1. The zero-order chi connectivity index (χ0) is 20.7. The van der Waals surface area contributed by atoms with Crippen LogP contribution in [0.5, 0.6) is 0 Å². The third kappa shape index (κ3) is 3.27. The lowest BCUT2D eigenvalue weighted by Gasteiger charge is -2.42. The quantitative estimate of drug-likeness (QED) is 0.446. The van der Waals surface area contributed by atoms with Gasteiger partial charge in [0.05, 0.1) is 11.6 Å². The predicted octanol–water partition coefficient (Wildman–Crippen LogP) is 5.57. The highest BCUT2D eigenvalue weighted by Gasteiger charge is 2.27. The lowest BCUT2D eigenvalue weighted by molar-refractivity contribution is 0.269. The summed E-state index contributed by atoms with van der Waals surface area (Å²) in [5, 5.41) is 0.669. The molecule has 3 aromatic carbocycles. The number of halogens is 1. The Labute approximate surface area is 177 Å². The van der Waals surface area contributed by atoms with E-state index in [1.165, 1.54) is 11.3 Å². The van der Waals surface area contributed by atoms with Gasteiger partial charge in [-0.1, -0.05) is 42.5 Å². The number of likely N-dealkylation sites (N-methyl/N-ethyl adjacent to an activating group) is 1. The number of hydrogen-bond acceptors (Lipinski definition) is 2. The molecule has 0 saturated carbocycles. The van der Waals surface area contributed by atoms with Crippen LogP contribution in [-0.4, -0.2) is 36.1 Å². The maximum Gasteiger partial charge on any atom is 0.132 e. The van der Waals surface area contributed by atoms with Crippen LogP contribution in [0, 0.1) is 12.7 Å². The van der Waals surface area contributed by atoms with E-state index < -0.39 is 0 Å². The SMILES string of the molecule is Cc1ccc(F)c2ccn(-c3cccc(N4CCN(C)CC4c4ccccc4)c3)c12. The van der Waals surface area contributed by atoms with Crippen molar-refractivity contribution in [2.75, 3.05) is 31.6 Å². The minimum Gasteiger partial charge on any atom is -0.362 e. The lowest BCUT2D eigenvalue weighted by atomic mass is 10.0. The van der Waals surface area contributed by atoms with E-state index in [4.69, 9.17) is 0 Å². The van der Waals surface area contributed by atoms with Crippen molar-refractivity contribution < 1.29 is 4.39 Å². The van der Waals surface area contributed by atoms with E-state index in [-0.39, 0.29) is 5.82 Å². The largest absolute Gasteiger partial charge is 0.362 e. The van der Waals surface area contributed by atoms with E-state index in [0.29, 0.717) is 11.4 Å². The third-order valence-electron chi connectivity index (χ3n) is 6.20. The number of aryl methyl sites for hydroxylation is 1. The molecule has 2 heterocycles. The second-order valence-electron chi connectivity index (χ2n) is 8.21. The summed E-state index contributed by atoms with van der Waals surface area (Å²) in [5.74, 6) is -0.172. The first-order chi connectivity index (χ1) is 14.6. The zero-order valence-electron chi connectivity index (χ0n) is 17.4. The second kappa shape index (κ2) is 7.62. The Kier molecular flexibility index (Phi) is 4.80. The Morgan fingerprint density at radius 2 is 1.67 bits per heavy atom. The van der Waals surface area contributed by atoms with E-state index >= 15 is 0 Å². The Hall–Kier alpha value is -3.11. The second-order valence-corrected chi connectivity index (χ2v) is 8.21. The normalized spacial score (nSPS) is 17.6. The van der Waals surface area contributed by atoms with Crippen molar-refractivity contribution in [3.63, 3.8) is 0 Å². The highest BCUT2D eigenvalue weighted by atomic mass is 19.1. The molecule has 0 spiro atoms. The molecule has 1 unspecified atom stereocenters. The van der Waals surface area contributed by atoms with Crippen molar-refractivity contribution in [1.29, 1.82) is 0 Å². The minimum absolute atomic E-state index is 0.172. The first-order valence-corrected chi connectivity index (χ1v) is 10.5. The van der Waals surface area contributed by atoms with E-state index in [2.05, 4.69) is 76.0 Å². The first kappa shape index (κ1) is 18.9. The van der Waals surface area contributed by atoms with Crippen LogP contribution in [-0.2, 0) is 0 Å². The number of nitrogens with zero attached hydrogens (tertiary/aromatic N) is 3. The van der Waals surface area contributed by atoms with Gasteiger partial charge in [0, 0.05) is 42.6 Å². The fraction of sp³-hybridized carbons (Fsp3) is 0.231. The molecular weight excluding hydrogens is 373 g/mol. The van der Waals surface area contributed by atoms with E-state index in [9.17, 15) is 4.39 Å². The summed E-state index contributed by atoms with van der Waals surface area (Å²) < 4.78 is 16.4. The molecule has 3 nitrogen and oxygen atoms in total. The molecule has 152 valence electrons. The molecule has 0 aliphatic carbocycles. The molecule has 1 aromatic heterocycles. The van der Waals surface area contributed by atoms with Crippen LogP contribution in [0.3, 0.4) is 0 Å². The molecule has 0 radical (unpaired) electrons. The van der Waals surface area contributed by atoms with Crippen LogP contribution in [0.2, 0.25) is 0 Å². The summed E-state index contributed by atoms with van der Waals surface area (Å²) >= 11 is 0. The molecule has 1 aliphatic rings. The van der Waals surface area contributed by atoms with Gasteiger partial charge in [0.25, 0.3) is 0 Å². The molecule has 0 bridgehead atoms. The van der Waals surface area contributed by atoms with Crippen LogP contribution in [0.15, 0.2) is 79.0 Å². The molecule has 5 rings (SSSR count). The number of aromatic nitrogens is 1. The lowest BCUT2D eigenvalue weighted by Crippen LogP contribution is -2.46. The molecule has 1 atom stereocenters. The van der Waals surface area contributed by atoms with Gasteiger partial charge in [-0.2, -0.15) is 0 Å². The molecule has 1 fully saturated rings. The van der Waals surface area contributed by atoms with Gasteiger partial charge in [-0.3, -0.25) is 0 Å². The number of anilines is 1. The number of rotatable bonds is 3. The van der Waals surface area contributed by atoms with Gasteiger partial charge in [0.15, 0.2) is 0 Å². The fourth-order valence-electron chi connectivity index (χ4n) is 4.62. The van der Waals surface area contributed by atoms with Crippen molar-refractivity contribution in [2.45, 2.75) is 13.0 Å². The molecule has 1 aliphatic heterocycles. The molecule has 30 heavy (non-hydrogen) atoms. The van der Waals surface area contributed by atoms with E-state index in [0.717, 1.165) is 36.4 Å². The van der Waals surface area contributed by atoms with Crippen LogP contribution in [0.4, 0.5) is 10.1 Å². The number of piperazine rings is 1. The summed E-state index contributed by atoms with van der Waals surface area (Å²) in [7, 11) is 2.19. The topological polar surface area (TPSA) is 11.4 Å². The van der Waals surface area contributed by atoms with Gasteiger partial charge < -0.3 is 14.4 Å². The van der Waals surface area contributed by atoms with Crippen LogP contribution in [0.25, 0.3) is 16.6 Å². The smallest absolute Gasteiger partial charge is 0.132 e. The van der Waals surface area contributed by atoms with Gasteiger partial charge in [0.1, 0.15) is 5.82 Å². The van der Waals surface area contributed by atoms with Crippen molar-refractivity contribution in [3.05, 3.63) is 95.9 Å². The number of benzene rings is 3. The van der Waals surface area contributed by atoms with Crippen molar-refractivity contribution in [1.82, 2.24) is 9.47 Å². The Morgan fingerprint density at radius 1 is 0.867 bits per heavy atom. The Bertz CT molecular complexity index is 1180. The fourth-order valence-corrected chi connectivity index (χ4v) is 4.62. The van der Waals surface area contributed by atoms with Crippen LogP contribution in [0.1, 0.15) is 17.2 Å². The van der Waals surface area contributed by atoms with Gasteiger partial charge in [-0.05, 0) is 55.4 Å². The average Bonchev–Trinajstić information content (AvgIpc) is 3.24. The third-order valence-corrected chi connectivity index (χ3v) is 6.20. The summed E-state index contributed by atoms with van der Waals surface area (Å²) in [4.78, 5) is 4.89. The number of hydrogen-bond donors (Lipinski definition) is 0. The summed E-state index contributed by atoms with van der Waals surface area (Å²) in [6, 6.07) is 24.9. The van der Waals surface area contributed by atoms with Gasteiger partial charge in [-0.15, -0.1) is 0 Å². The van der Waals surface area contributed by atoms with Crippen LogP contribution >= 0.6 is 0 Å². The molecule has 0 amide bonds. The summed E-state index contributed by atoms with van der Waals surface area (Å²) in [5.41, 5.74) is 5.60. The molecule has 4 aromatic rings. The molecule has 4 heteroatoms. The van der Waals surface area contributed by atoms with E-state index in [1.807, 2.05) is 25.3 Å². The van der Waals surface area contributed by atoms with Crippen LogP contribution < -0.4 is 4.90 Å². The van der Waals surface area contributed by atoms with Crippen molar-refractivity contribution in [2.24, 2.45) is 0 Å². The van der Waals surface area contributed by atoms with Gasteiger partial charge >= 0.3 is 0 Å². The summed E-state index contributed by atoms with van der Waals surface area (Å²) in [6.07, 6.45) is 1.97. The first-order valence-electron chi connectivity index (χ1n) is 10.5. The van der Waals surface area contributed by atoms with Crippen molar-refractivity contribution >= 4 is 16.6 Å². The standard InChI is InChI=1S/C26H26FN3/c1-19-11-12-24(27)23-13-14-30(26(19)23)22-10-6-9-21(17-22)29-16-15-28(2)18-25(29)20-7-4-3-5-8-20/h3-14,17,25H,15-16,18H2,1-2H3. The van der Waals surface area contributed by atoms with Gasteiger partial charge in [0.2, 0.25) is 0 Å². The van der Waals surface area contributed by atoms with Crippen molar-refractivity contribution in [3.8, 4) is 5.69 Å². The predicted molar refractivity (Wildman–Crippen MR) is 122 cm³/mol. The van der Waals surface area contributed by atoms with Gasteiger partial charge in [-0.25, -0.2) is 4.39 Å². The van der Waals surface area contributed by atoms with E-state index in [1.54, 1.807) is 6.07 Å². The minimum atomic E-state index is -0.172. The monoisotopic (exact) mass is 399 g/mol. The maximum atomic E-state index is 14.3. The molecular formula is C26H26FN3. The highest BCUT2D eigenvalue weighted by Crippen LogP contribution is 2.33. The highest BCUT2D eigenvalue weighted by molar-refractivity contribution is 5.85.